The van der Waals surface area contributed by atoms with Crippen LogP contribution < -0.4 is 0 Å². The van der Waals surface area contributed by atoms with E-state index in [1.54, 1.807) is 17.5 Å². The van der Waals surface area contributed by atoms with Crippen molar-refractivity contribution in [2.24, 2.45) is 0 Å². The molecule has 0 aromatic carbocycles. The minimum Gasteiger partial charge on any atom is -0.244 e. The molecule has 0 atom stereocenters. The summed E-state index contributed by atoms with van der Waals surface area (Å²) in [6.07, 6.45) is 4.64. The van der Waals surface area contributed by atoms with Crippen LogP contribution >= 0.6 is 22.9 Å². The molecule has 1 radical (unpaired) electrons. The lowest BCUT2D eigenvalue weighted by Crippen LogP contribution is -1.67. The molecule has 0 saturated heterocycles. The van der Waals surface area contributed by atoms with E-state index in [9.17, 15) is 0 Å². The highest BCUT2D eigenvalue weighted by atomic mass is 32.1. The van der Waals surface area contributed by atoms with Gasteiger partial charge < -0.3 is 0 Å². The first-order valence-electron chi connectivity index (χ1n) is 2.69. The lowest BCUT2D eigenvalue weighted by atomic mass is 10.4. The fourth-order valence-electron chi connectivity index (χ4n) is 0.636. The lowest BCUT2D eigenvalue weighted by molar-refractivity contribution is 1.41. The molecule has 2 aromatic rings. The quantitative estimate of drug-likeness (QED) is 0.649. The van der Waals surface area contributed by atoms with Gasteiger partial charge in [0.25, 0.3) is 0 Å². The molecule has 2 rings (SSSR count). The molecule has 2 heterocycles. The normalized spacial score (nSPS) is 10.0. The fourth-order valence-corrected chi connectivity index (χ4v) is 1.79. The summed E-state index contributed by atoms with van der Waals surface area (Å²) in [6, 6.07) is 0. The van der Waals surface area contributed by atoms with Crippen LogP contribution in [0.25, 0.3) is 10.6 Å². The molecule has 0 saturated carbocycles. The molecule has 0 bridgehead atoms. The number of thiazole rings is 1. The second-order valence-electron chi connectivity index (χ2n) is 1.68. The van der Waals surface area contributed by atoms with Gasteiger partial charge in [-0.25, -0.2) is 4.98 Å². The van der Waals surface area contributed by atoms with Crippen molar-refractivity contribution in [1.82, 2.24) is 9.36 Å². The summed E-state index contributed by atoms with van der Waals surface area (Å²) in [4.78, 5) is 4.11. The standard InChI is InChI=1S/C6H3N2S2/c1-2-9-6(7-1)5-3-8-10-4-5/h1-2,4H. The van der Waals surface area contributed by atoms with Crippen molar-refractivity contribution < 1.29 is 0 Å². The molecular weight excluding hydrogens is 164 g/mol. The van der Waals surface area contributed by atoms with E-state index in [4.69, 9.17) is 0 Å². The van der Waals surface area contributed by atoms with Crippen LogP contribution in [-0.2, 0) is 0 Å². The van der Waals surface area contributed by atoms with Crippen LogP contribution in [0.2, 0.25) is 0 Å². The van der Waals surface area contributed by atoms with Gasteiger partial charge in [-0.3, -0.25) is 0 Å². The second kappa shape index (κ2) is 2.48. The minimum absolute atomic E-state index is 0.994. The molecule has 4 heteroatoms. The van der Waals surface area contributed by atoms with Crippen LogP contribution in [0.4, 0.5) is 0 Å². The molecule has 0 aliphatic rings. The van der Waals surface area contributed by atoms with Crippen molar-refractivity contribution in [1.29, 1.82) is 0 Å². The maximum absolute atomic E-state index is 4.11. The van der Waals surface area contributed by atoms with Gasteiger partial charge in [0.1, 0.15) is 11.2 Å². The Morgan fingerprint density at radius 3 is 3.10 bits per heavy atom. The molecule has 10 heavy (non-hydrogen) atoms. The van der Waals surface area contributed by atoms with Crippen LogP contribution in [0.1, 0.15) is 0 Å². The SMILES string of the molecule is [c]1nscc1-c1nccs1. The molecule has 0 aliphatic carbocycles. The fraction of sp³-hybridized carbons (Fsp3) is 0. The van der Waals surface area contributed by atoms with Gasteiger partial charge in [0.2, 0.25) is 0 Å². The number of rotatable bonds is 1. The van der Waals surface area contributed by atoms with Crippen molar-refractivity contribution in [2.45, 2.75) is 0 Å². The molecule has 0 spiro atoms. The number of hydrogen-bond acceptors (Lipinski definition) is 4. The topological polar surface area (TPSA) is 25.8 Å². The van der Waals surface area contributed by atoms with Gasteiger partial charge in [0, 0.05) is 17.0 Å². The van der Waals surface area contributed by atoms with Gasteiger partial charge in [-0.1, -0.05) is 0 Å². The van der Waals surface area contributed by atoms with E-state index < -0.39 is 0 Å². The molecule has 0 fully saturated rings. The highest BCUT2D eigenvalue weighted by molar-refractivity contribution is 7.13. The summed E-state index contributed by atoms with van der Waals surface area (Å²) in [6.45, 7) is 0. The molecule has 0 N–H and O–H groups in total. The monoisotopic (exact) mass is 167 g/mol. The largest absolute Gasteiger partial charge is 0.244 e. The third kappa shape index (κ3) is 0.955. The summed E-state index contributed by atoms with van der Waals surface area (Å²) in [5.74, 6) is 0. The Kier molecular flexibility index (Phi) is 1.49. The van der Waals surface area contributed by atoms with Crippen molar-refractivity contribution in [2.75, 3.05) is 0 Å². The first-order valence-corrected chi connectivity index (χ1v) is 4.40. The van der Waals surface area contributed by atoms with Crippen LogP contribution in [-0.4, -0.2) is 9.36 Å². The molecular formula is C6H3N2S2. The van der Waals surface area contributed by atoms with Crippen LogP contribution in [0, 0.1) is 6.20 Å². The number of aromatic nitrogens is 2. The Morgan fingerprint density at radius 1 is 1.50 bits per heavy atom. The zero-order valence-corrected chi connectivity index (χ0v) is 6.58. The number of nitrogens with zero attached hydrogens (tertiary/aromatic N) is 2. The second-order valence-corrected chi connectivity index (χ2v) is 3.20. The van der Waals surface area contributed by atoms with Crippen LogP contribution in [0.5, 0.6) is 0 Å². The highest BCUT2D eigenvalue weighted by Crippen LogP contribution is 2.21. The predicted octanol–water partition coefficient (Wildman–Crippen LogP) is 2.07. The van der Waals surface area contributed by atoms with Gasteiger partial charge in [-0.2, -0.15) is 4.37 Å². The Balaban J connectivity index is 2.48. The molecule has 0 unspecified atom stereocenters. The van der Waals surface area contributed by atoms with Gasteiger partial charge >= 0.3 is 0 Å². The third-order valence-electron chi connectivity index (χ3n) is 1.05. The zero-order chi connectivity index (χ0) is 6.81. The van der Waals surface area contributed by atoms with Crippen molar-refractivity contribution in [3.05, 3.63) is 23.2 Å². The van der Waals surface area contributed by atoms with E-state index in [1.165, 1.54) is 11.5 Å². The Labute approximate surface area is 66.3 Å². The predicted molar refractivity (Wildman–Crippen MR) is 42.1 cm³/mol. The first kappa shape index (κ1) is 6.00. The zero-order valence-electron chi connectivity index (χ0n) is 4.94. The molecule has 2 nitrogen and oxygen atoms in total. The molecule has 49 valence electrons. The summed E-state index contributed by atoms with van der Waals surface area (Å²) in [7, 11) is 0. The maximum atomic E-state index is 4.11. The molecule has 2 aromatic heterocycles. The summed E-state index contributed by atoms with van der Waals surface area (Å²) >= 11 is 3.00. The minimum atomic E-state index is 0.994. The average Bonchev–Trinajstić information content (AvgIpc) is 2.59. The maximum Gasteiger partial charge on any atom is 0.126 e. The van der Waals surface area contributed by atoms with Gasteiger partial charge in [0.15, 0.2) is 0 Å². The smallest absolute Gasteiger partial charge is 0.126 e. The van der Waals surface area contributed by atoms with E-state index in [0.717, 1.165) is 10.6 Å². The number of hydrogen-bond donors (Lipinski definition) is 0. The first-order chi connectivity index (χ1) is 4.97. The average molecular weight is 167 g/mol. The highest BCUT2D eigenvalue weighted by Gasteiger charge is 1.99. The van der Waals surface area contributed by atoms with Crippen molar-refractivity contribution in [3.8, 4) is 10.6 Å². The third-order valence-corrected chi connectivity index (χ3v) is 2.40. The van der Waals surface area contributed by atoms with E-state index in [0.29, 0.717) is 0 Å². The Hall–Kier alpha value is -0.740. The van der Waals surface area contributed by atoms with E-state index in [2.05, 4.69) is 15.6 Å². The van der Waals surface area contributed by atoms with E-state index in [-0.39, 0.29) is 0 Å². The van der Waals surface area contributed by atoms with E-state index in [1.807, 2.05) is 10.8 Å². The summed E-state index contributed by atoms with van der Waals surface area (Å²) in [5.41, 5.74) is 1.00. The lowest BCUT2D eigenvalue weighted by Gasteiger charge is -1.81. The van der Waals surface area contributed by atoms with Gasteiger partial charge in [-0.05, 0) is 11.5 Å². The van der Waals surface area contributed by atoms with Crippen molar-refractivity contribution >= 4 is 22.9 Å². The van der Waals surface area contributed by atoms with Crippen molar-refractivity contribution in [3.63, 3.8) is 0 Å². The molecule has 0 aliphatic heterocycles. The molecule has 0 amide bonds. The Bertz CT molecular complexity index is 253. The van der Waals surface area contributed by atoms with Crippen LogP contribution in [0.3, 0.4) is 0 Å². The summed E-state index contributed by atoms with van der Waals surface area (Å²) in [5, 5.41) is 4.88. The summed E-state index contributed by atoms with van der Waals surface area (Å²) < 4.78 is 3.86. The Morgan fingerprint density at radius 2 is 2.50 bits per heavy atom. The van der Waals surface area contributed by atoms with E-state index >= 15 is 0 Å². The van der Waals surface area contributed by atoms with Gasteiger partial charge in [-0.15, -0.1) is 11.3 Å². The van der Waals surface area contributed by atoms with Gasteiger partial charge in [0.05, 0.1) is 5.56 Å². The van der Waals surface area contributed by atoms with Crippen LogP contribution in [0.15, 0.2) is 17.0 Å².